The van der Waals surface area contributed by atoms with Crippen LogP contribution in [0.1, 0.15) is 16.2 Å². The lowest BCUT2D eigenvalue weighted by atomic mass is 10.1. The summed E-state index contributed by atoms with van der Waals surface area (Å²) in [5, 5.41) is 6.72. The normalized spacial score (nSPS) is 10.3. The Morgan fingerprint density at radius 1 is 1.37 bits per heavy atom. The van der Waals surface area contributed by atoms with E-state index >= 15 is 0 Å². The number of hydrogen-bond donors (Lipinski definition) is 1. The van der Waals surface area contributed by atoms with Crippen molar-refractivity contribution in [2.75, 3.05) is 21.2 Å². The Labute approximate surface area is 111 Å². The van der Waals surface area contributed by atoms with E-state index in [0.29, 0.717) is 11.6 Å². The van der Waals surface area contributed by atoms with E-state index in [1.165, 1.54) is 4.90 Å². The molecule has 100 valence electrons. The summed E-state index contributed by atoms with van der Waals surface area (Å²) in [6.07, 6.45) is 0. The van der Waals surface area contributed by atoms with Crippen LogP contribution in [0, 0.1) is 6.92 Å². The third-order valence-corrected chi connectivity index (χ3v) is 2.69. The van der Waals surface area contributed by atoms with E-state index in [-0.39, 0.29) is 11.7 Å². The molecule has 1 aromatic carbocycles. The lowest BCUT2D eigenvalue weighted by Crippen LogP contribution is -2.22. The van der Waals surface area contributed by atoms with E-state index in [4.69, 9.17) is 4.74 Å². The molecule has 0 unspecified atom stereocenters. The van der Waals surface area contributed by atoms with Crippen molar-refractivity contribution in [3.8, 4) is 17.1 Å². The first-order chi connectivity index (χ1) is 9.02. The second kappa shape index (κ2) is 5.09. The van der Waals surface area contributed by atoms with Crippen LogP contribution in [-0.2, 0) is 0 Å². The topological polar surface area (TPSA) is 71.1 Å². The minimum atomic E-state index is -0.217. The number of ether oxygens (including phenoxy) is 1. The second-order valence-electron chi connectivity index (χ2n) is 4.41. The predicted octanol–water partition coefficient (Wildman–Crippen LogP) is 1.49. The maximum absolute atomic E-state index is 11.8. The van der Waals surface area contributed by atoms with Crippen LogP contribution in [-0.4, -0.2) is 47.2 Å². The highest BCUT2D eigenvalue weighted by atomic mass is 16.5. The van der Waals surface area contributed by atoms with E-state index in [0.717, 1.165) is 11.1 Å². The summed E-state index contributed by atoms with van der Waals surface area (Å²) in [6, 6.07) is 5.72. The number of amides is 1. The number of H-pyrrole nitrogens is 1. The number of benzene rings is 1. The van der Waals surface area contributed by atoms with Gasteiger partial charge in [-0.25, -0.2) is 4.98 Å². The largest absolute Gasteiger partial charge is 0.496 e. The summed E-state index contributed by atoms with van der Waals surface area (Å²) in [5.74, 6) is 1.12. The van der Waals surface area contributed by atoms with Gasteiger partial charge >= 0.3 is 0 Å². The number of hydrogen-bond acceptors (Lipinski definition) is 4. The zero-order valence-electron chi connectivity index (χ0n) is 11.4. The van der Waals surface area contributed by atoms with Crippen molar-refractivity contribution >= 4 is 5.91 Å². The molecule has 1 heterocycles. The monoisotopic (exact) mass is 260 g/mol. The van der Waals surface area contributed by atoms with Crippen LogP contribution >= 0.6 is 0 Å². The number of aromatic amines is 1. The molecule has 0 atom stereocenters. The predicted molar refractivity (Wildman–Crippen MR) is 71.1 cm³/mol. The molecule has 19 heavy (non-hydrogen) atoms. The first kappa shape index (κ1) is 13.1. The molecule has 0 bridgehead atoms. The maximum Gasteiger partial charge on any atom is 0.290 e. The molecule has 2 aromatic rings. The number of nitrogens with one attached hydrogen (secondary N) is 1. The Hall–Kier alpha value is -2.37. The fourth-order valence-corrected chi connectivity index (χ4v) is 1.69. The lowest BCUT2D eigenvalue weighted by molar-refractivity contribution is 0.0816. The second-order valence-corrected chi connectivity index (χ2v) is 4.41. The number of aryl methyl sites for hydroxylation is 1. The first-order valence-electron chi connectivity index (χ1n) is 5.82. The van der Waals surface area contributed by atoms with Crippen molar-refractivity contribution in [1.29, 1.82) is 0 Å². The van der Waals surface area contributed by atoms with Gasteiger partial charge in [-0.1, -0.05) is 11.6 Å². The number of rotatable bonds is 3. The molecule has 2 rings (SSSR count). The highest BCUT2D eigenvalue weighted by Gasteiger charge is 2.16. The average molecular weight is 260 g/mol. The number of carbonyl (C=O) groups excluding carboxylic acids is 1. The molecule has 6 nitrogen and oxygen atoms in total. The minimum Gasteiger partial charge on any atom is -0.496 e. The Bertz CT molecular complexity index is 604. The molecule has 0 fully saturated rings. The van der Waals surface area contributed by atoms with Crippen molar-refractivity contribution in [3.63, 3.8) is 0 Å². The van der Waals surface area contributed by atoms with Crippen LogP contribution in [0.5, 0.6) is 5.75 Å². The third-order valence-electron chi connectivity index (χ3n) is 2.69. The van der Waals surface area contributed by atoms with Crippen molar-refractivity contribution in [3.05, 3.63) is 29.6 Å². The summed E-state index contributed by atoms with van der Waals surface area (Å²) < 4.78 is 5.28. The van der Waals surface area contributed by atoms with E-state index in [1.54, 1.807) is 21.2 Å². The summed E-state index contributed by atoms with van der Waals surface area (Å²) in [5.41, 5.74) is 1.83. The van der Waals surface area contributed by atoms with Crippen LogP contribution in [0.4, 0.5) is 0 Å². The number of carbonyl (C=O) groups is 1. The van der Waals surface area contributed by atoms with Gasteiger partial charge in [-0.2, -0.15) is 5.10 Å². The van der Waals surface area contributed by atoms with Crippen molar-refractivity contribution in [1.82, 2.24) is 20.1 Å². The molecule has 1 aromatic heterocycles. The number of aromatic nitrogens is 3. The molecule has 1 N–H and O–H groups in total. The molecule has 0 radical (unpaired) electrons. The van der Waals surface area contributed by atoms with Gasteiger partial charge in [0.15, 0.2) is 5.82 Å². The molecule has 1 amide bonds. The van der Waals surface area contributed by atoms with Gasteiger partial charge in [0.1, 0.15) is 5.75 Å². The van der Waals surface area contributed by atoms with Crippen molar-refractivity contribution in [2.24, 2.45) is 0 Å². The lowest BCUT2D eigenvalue weighted by Gasteiger charge is -2.07. The van der Waals surface area contributed by atoms with Crippen LogP contribution < -0.4 is 4.74 Å². The van der Waals surface area contributed by atoms with Crippen molar-refractivity contribution in [2.45, 2.75) is 6.92 Å². The Kier molecular flexibility index (Phi) is 3.50. The van der Waals surface area contributed by atoms with Gasteiger partial charge in [0.2, 0.25) is 5.82 Å². The van der Waals surface area contributed by atoms with E-state index in [9.17, 15) is 4.79 Å². The molecule has 0 aliphatic rings. The molecule has 0 aliphatic heterocycles. The molecule has 0 aliphatic carbocycles. The Balaban J connectivity index is 2.43. The van der Waals surface area contributed by atoms with Crippen LogP contribution in [0.3, 0.4) is 0 Å². The summed E-state index contributed by atoms with van der Waals surface area (Å²) >= 11 is 0. The van der Waals surface area contributed by atoms with Crippen LogP contribution in [0.25, 0.3) is 11.4 Å². The summed E-state index contributed by atoms with van der Waals surface area (Å²) in [6.45, 7) is 1.97. The van der Waals surface area contributed by atoms with Crippen LogP contribution in [0.2, 0.25) is 0 Å². The molecular formula is C13H16N4O2. The maximum atomic E-state index is 11.8. The van der Waals surface area contributed by atoms with E-state index in [2.05, 4.69) is 15.2 Å². The fraction of sp³-hybridized carbons (Fsp3) is 0.308. The Morgan fingerprint density at radius 2 is 2.11 bits per heavy atom. The van der Waals surface area contributed by atoms with Crippen molar-refractivity contribution < 1.29 is 9.53 Å². The minimum absolute atomic E-state index is 0.212. The van der Waals surface area contributed by atoms with E-state index < -0.39 is 0 Å². The highest BCUT2D eigenvalue weighted by molar-refractivity contribution is 5.90. The molecule has 0 saturated heterocycles. The van der Waals surface area contributed by atoms with Gasteiger partial charge in [0.25, 0.3) is 5.91 Å². The average Bonchev–Trinajstić information content (AvgIpc) is 2.87. The summed E-state index contributed by atoms with van der Waals surface area (Å²) in [7, 11) is 4.92. The zero-order valence-corrected chi connectivity index (χ0v) is 11.4. The smallest absolute Gasteiger partial charge is 0.290 e. The van der Waals surface area contributed by atoms with Gasteiger partial charge in [-0.15, -0.1) is 0 Å². The van der Waals surface area contributed by atoms with E-state index in [1.807, 2.05) is 25.1 Å². The van der Waals surface area contributed by atoms with Gasteiger partial charge in [-0.05, 0) is 19.1 Å². The molecule has 0 spiro atoms. The van der Waals surface area contributed by atoms with Gasteiger partial charge in [-0.3, -0.25) is 9.89 Å². The highest BCUT2D eigenvalue weighted by Crippen LogP contribution is 2.28. The molecular weight excluding hydrogens is 244 g/mol. The summed E-state index contributed by atoms with van der Waals surface area (Å²) in [4.78, 5) is 17.4. The standard InChI is InChI=1S/C13H16N4O2/c1-8-5-6-10(19-4)9(7-8)11-14-12(16-15-11)13(18)17(2)3/h5-7H,1-4H3,(H,14,15,16). The number of nitrogens with zero attached hydrogens (tertiary/aromatic N) is 3. The SMILES string of the molecule is COc1ccc(C)cc1-c1n[nH]c(C(=O)N(C)C)n1. The van der Waals surface area contributed by atoms with Crippen LogP contribution in [0.15, 0.2) is 18.2 Å². The molecule has 0 saturated carbocycles. The van der Waals surface area contributed by atoms with Gasteiger partial charge in [0, 0.05) is 14.1 Å². The quantitative estimate of drug-likeness (QED) is 0.907. The van der Waals surface area contributed by atoms with Gasteiger partial charge in [0.05, 0.1) is 12.7 Å². The zero-order chi connectivity index (χ0) is 14.0. The third kappa shape index (κ3) is 2.57. The van der Waals surface area contributed by atoms with Gasteiger partial charge < -0.3 is 9.64 Å². The first-order valence-corrected chi connectivity index (χ1v) is 5.82. The fourth-order valence-electron chi connectivity index (χ4n) is 1.69. The number of methoxy groups -OCH3 is 1. The Morgan fingerprint density at radius 3 is 2.74 bits per heavy atom. The molecule has 6 heteroatoms.